The molecule has 0 radical (unpaired) electrons. The third-order valence-electron chi connectivity index (χ3n) is 12.1. The fraction of sp³-hybridized carbons (Fsp3) is 0. The molecule has 0 aliphatic carbocycles. The van der Waals surface area contributed by atoms with Crippen LogP contribution in [0.5, 0.6) is 0 Å². The van der Waals surface area contributed by atoms with Crippen LogP contribution in [-0.2, 0) is 0 Å². The van der Waals surface area contributed by atoms with Gasteiger partial charge in [0.25, 0.3) is 0 Å². The molecule has 59 heavy (non-hydrogen) atoms. The van der Waals surface area contributed by atoms with Crippen molar-refractivity contribution in [2.75, 3.05) is 0 Å². The lowest BCUT2D eigenvalue weighted by Gasteiger charge is -2.13. The van der Waals surface area contributed by atoms with Crippen LogP contribution in [0.15, 0.2) is 206 Å². The molecular formula is C55H34N4. The first-order chi connectivity index (χ1) is 29.2. The van der Waals surface area contributed by atoms with Crippen LogP contribution in [0.3, 0.4) is 0 Å². The summed E-state index contributed by atoms with van der Waals surface area (Å²) in [5.41, 5.74) is 15.1. The summed E-state index contributed by atoms with van der Waals surface area (Å²) in [5, 5.41) is 17.6. The fourth-order valence-corrected chi connectivity index (χ4v) is 9.44. The Morgan fingerprint density at radius 2 is 0.661 bits per heavy atom. The van der Waals surface area contributed by atoms with E-state index in [0.717, 1.165) is 55.6 Å². The molecule has 0 N–H and O–H groups in total. The molecule has 0 saturated heterocycles. The van der Waals surface area contributed by atoms with E-state index in [4.69, 9.17) is 0 Å². The topological polar surface area (TPSA) is 38.6 Å². The molecule has 12 aromatic rings. The average molecular weight is 751 g/mol. The maximum Gasteiger partial charge on any atom is 0.0998 e. The van der Waals surface area contributed by atoms with Crippen molar-refractivity contribution in [2.24, 2.45) is 0 Å². The van der Waals surface area contributed by atoms with Crippen molar-refractivity contribution in [3.05, 3.63) is 212 Å². The number of para-hydroxylation sites is 5. The Morgan fingerprint density at radius 3 is 1.12 bits per heavy atom. The van der Waals surface area contributed by atoms with Crippen molar-refractivity contribution in [2.45, 2.75) is 0 Å². The number of nitrogens with zero attached hydrogens (tertiary/aromatic N) is 4. The van der Waals surface area contributed by atoms with Gasteiger partial charge in [0.15, 0.2) is 0 Å². The lowest BCUT2D eigenvalue weighted by Crippen LogP contribution is -1.96. The molecule has 4 nitrogen and oxygen atoms in total. The summed E-state index contributed by atoms with van der Waals surface area (Å²) in [6.45, 7) is 0. The van der Waals surface area contributed by atoms with Crippen LogP contribution in [0, 0.1) is 11.3 Å². The van der Waals surface area contributed by atoms with E-state index in [1.165, 1.54) is 49.1 Å². The van der Waals surface area contributed by atoms with Crippen LogP contribution in [-0.4, -0.2) is 13.7 Å². The first kappa shape index (κ1) is 33.1. The van der Waals surface area contributed by atoms with Crippen molar-refractivity contribution < 1.29 is 0 Å². The Hall–Kier alpha value is -8.13. The Kier molecular flexibility index (Phi) is 7.26. The van der Waals surface area contributed by atoms with Crippen molar-refractivity contribution in [1.29, 1.82) is 5.26 Å². The van der Waals surface area contributed by atoms with E-state index in [1.807, 2.05) is 6.07 Å². The van der Waals surface area contributed by atoms with Crippen LogP contribution < -0.4 is 0 Å². The van der Waals surface area contributed by atoms with Crippen LogP contribution in [0.25, 0.3) is 105 Å². The summed E-state index contributed by atoms with van der Waals surface area (Å²) in [6.07, 6.45) is 0. The number of hydrogen-bond donors (Lipinski definition) is 0. The number of fused-ring (bicyclic) bond motifs is 9. The van der Waals surface area contributed by atoms with Gasteiger partial charge in [-0.15, -0.1) is 0 Å². The second kappa shape index (κ2) is 13.0. The summed E-state index contributed by atoms with van der Waals surface area (Å²) in [6, 6.07) is 76.1. The molecule has 0 atom stereocenters. The van der Waals surface area contributed by atoms with Gasteiger partial charge >= 0.3 is 0 Å². The number of rotatable bonds is 5. The molecule has 0 fully saturated rings. The molecule has 4 heteroatoms. The van der Waals surface area contributed by atoms with Crippen molar-refractivity contribution in [3.8, 4) is 45.4 Å². The Morgan fingerprint density at radius 1 is 0.288 bits per heavy atom. The zero-order valence-corrected chi connectivity index (χ0v) is 31.9. The maximum absolute atomic E-state index is 10.4. The van der Waals surface area contributed by atoms with E-state index in [-0.39, 0.29) is 0 Å². The number of aromatic nitrogens is 3. The third-order valence-corrected chi connectivity index (χ3v) is 12.1. The summed E-state index contributed by atoms with van der Waals surface area (Å²) in [5.74, 6) is 0. The molecule has 274 valence electrons. The van der Waals surface area contributed by atoms with Crippen LogP contribution in [0.1, 0.15) is 5.56 Å². The van der Waals surface area contributed by atoms with Gasteiger partial charge < -0.3 is 13.7 Å². The average Bonchev–Trinajstić information content (AvgIpc) is 3.94. The van der Waals surface area contributed by atoms with Gasteiger partial charge in [-0.1, -0.05) is 109 Å². The standard InChI is InChI=1S/C55H34N4/c56-35-39-23-27-42(34-46(39)38-26-30-54-49(33-38)45-19-8-11-21-51(45)58(54)41-15-5-2-6-16-41)59-52-22-12-9-18-44(52)48-32-37(25-29-55(48)59)36-24-28-53-47(31-36)43-17-7-10-20-50(43)57(53)40-13-3-1-4-14-40/h1-34H. The van der Waals surface area contributed by atoms with Gasteiger partial charge in [-0.25, -0.2) is 0 Å². The van der Waals surface area contributed by atoms with Gasteiger partial charge in [-0.2, -0.15) is 5.26 Å². The van der Waals surface area contributed by atoms with Crippen LogP contribution in [0.2, 0.25) is 0 Å². The van der Waals surface area contributed by atoms with Crippen molar-refractivity contribution >= 4 is 65.4 Å². The summed E-state index contributed by atoms with van der Waals surface area (Å²) >= 11 is 0. The van der Waals surface area contributed by atoms with Crippen LogP contribution >= 0.6 is 0 Å². The van der Waals surface area contributed by atoms with Gasteiger partial charge in [0.2, 0.25) is 0 Å². The number of nitriles is 1. The molecule has 9 aromatic carbocycles. The summed E-state index contributed by atoms with van der Waals surface area (Å²) in [4.78, 5) is 0. The summed E-state index contributed by atoms with van der Waals surface area (Å²) in [7, 11) is 0. The highest BCUT2D eigenvalue weighted by atomic mass is 15.0. The van der Waals surface area contributed by atoms with Crippen molar-refractivity contribution in [3.63, 3.8) is 0 Å². The van der Waals surface area contributed by atoms with Gasteiger partial charge in [0, 0.05) is 54.9 Å². The van der Waals surface area contributed by atoms with E-state index >= 15 is 0 Å². The number of hydrogen-bond acceptors (Lipinski definition) is 1. The molecule has 0 aliphatic rings. The fourth-order valence-electron chi connectivity index (χ4n) is 9.44. The normalized spacial score (nSPS) is 11.7. The lowest BCUT2D eigenvalue weighted by molar-refractivity contribution is 1.18. The molecule has 0 amide bonds. The molecule has 0 saturated carbocycles. The van der Waals surface area contributed by atoms with Gasteiger partial charge in [0.05, 0.1) is 44.7 Å². The minimum atomic E-state index is 0.645. The Bertz CT molecular complexity index is 3670. The monoisotopic (exact) mass is 750 g/mol. The molecule has 12 rings (SSSR count). The van der Waals surface area contributed by atoms with E-state index < -0.39 is 0 Å². The highest BCUT2D eigenvalue weighted by Crippen LogP contribution is 2.40. The van der Waals surface area contributed by atoms with Gasteiger partial charge in [-0.3, -0.25) is 0 Å². The molecule has 0 unspecified atom stereocenters. The van der Waals surface area contributed by atoms with Gasteiger partial charge in [0.1, 0.15) is 0 Å². The quantitative estimate of drug-likeness (QED) is 0.173. The maximum atomic E-state index is 10.4. The van der Waals surface area contributed by atoms with E-state index in [2.05, 4.69) is 220 Å². The second-order valence-corrected chi connectivity index (χ2v) is 15.3. The zero-order chi connectivity index (χ0) is 39.0. The Labute approximate surface area is 340 Å². The Balaban J connectivity index is 1.01. The van der Waals surface area contributed by atoms with E-state index in [1.54, 1.807) is 0 Å². The zero-order valence-electron chi connectivity index (χ0n) is 31.9. The number of benzene rings is 9. The molecule has 0 bridgehead atoms. The van der Waals surface area contributed by atoms with E-state index in [0.29, 0.717) is 5.56 Å². The smallest absolute Gasteiger partial charge is 0.0998 e. The van der Waals surface area contributed by atoms with E-state index in [9.17, 15) is 5.26 Å². The highest BCUT2D eigenvalue weighted by Gasteiger charge is 2.19. The predicted octanol–water partition coefficient (Wildman–Crippen LogP) is 14.2. The first-order valence-corrected chi connectivity index (χ1v) is 20.0. The second-order valence-electron chi connectivity index (χ2n) is 15.3. The third kappa shape index (κ3) is 5.02. The molecule has 3 aromatic heterocycles. The van der Waals surface area contributed by atoms with Crippen LogP contribution in [0.4, 0.5) is 0 Å². The largest absolute Gasteiger partial charge is 0.309 e. The molecule has 0 aliphatic heterocycles. The predicted molar refractivity (Wildman–Crippen MR) is 245 cm³/mol. The van der Waals surface area contributed by atoms with Gasteiger partial charge in [-0.05, 0) is 114 Å². The highest BCUT2D eigenvalue weighted by molar-refractivity contribution is 6.13. The SMILES string of the molecule is N#Cc1ccc(-n2c3ccccc3c3cc(-c4ccc5c(c4)c4ccccc4n5-c4ccccc4)ccc32)cc1-c1ccc2c(c1)c1ccccc1n2-c1ccccc1. The molecule has 3 heterocycles. The minimum absolute atomic E-state index is 0.645. The molecular weight excluding hydrogens is 717 g/mol. The lowest BCUT2D eigenvalue weighted by atomic mass is 9.97. The summed E-state index contributed by atoms with van der Waals surface area (Å²) < 4.78 is 7.03. The molecule has 0 spiro atoms. The minimum Gasteiger partial charge on any atom is -0.309 e. The first-order valence-electron chi connectivity index (χ1n) is 20.0. The van der Waals surface area contributed by atoms with Crippen molar-refractivity contribution in [1.82, 2.24) is 13.7 Å².